The molecule has 2 heterocycles. The Morgan fingerprint density at radius 2 is 2.00 bits per heavy atom. The van der Waals surface area contributed by atoms with E-state index in [4.69, 9.17) is 0 Å². The van der Waals surface area contributed by atoms with E-state index in [0.29, 0.717) is 12.0 Å². The molecule has 1 aromatic carbocycles. The molecule has 3 heteroatoms. The van der Waals surface area contributed by atoms with Crippen LogP contribution in [0.5, 0.6) is 0 Å². The van der Waals surface area contributed by atoms with Gasteiger partial charge in [-0.15, -0.1) is 0 Å². The van der Waals surface area contributed by atoms with Crippen LogP contribution in [-0.4, -0.2) is 36.5 Å². The SMILES string of the molecule is O=C(C=Cc1ccccc1)N1CCC[C@@H]([C@H]2CCCCN2)C1. The molecule has 2 saturated heterocycles. The third kappa shape index (κ3) is 3.98. The highest BCUT2D eigenvalue weighted by Gasteiger charge is 2.29. The lowest BCUT2D eigenvalue weighted by atomic mass is 9.86. The molecule has 22 heavy (non-hydrogen) atoms. The first-order valence-corrected chi connectivity index (χ1v) is 8.58. The Hall–Kier alpha value is -1.61. The number of amides is 1. The van der Waals surface area contributed by atoms with Crippen molar-refractivity contribution in [3.8, 4) is 0 Å². The fraction of sp³-hybridized carbons (Fsp3) is 0.526. The van der Waals surface area contributed by atoms with Gasteiger partial charge in [0.25, 0.3) is 0 Å². The molecule has 0 bridgehead atoms. The van der Waals surface area contributed by atoms with Crippen molar-refractivity contribution >= 4 is 12.0 Å². The Kier molecular flexibility index (Phi) is 5.28. The van der Waals surface area contributed by atoms with Crippen LogP contribution < -0.4 is 5.32 Å². The summed E-state index contributed by atoms with van der Waals surface area (Å²) in [5, 5.41) is 3.65. The van der Waals surface area contributed by atoms with E-state index in [1.54, 1.807) is 6.08 Å². The molecular formula is C19H26N2O. The first-order chi connectivity index (χ1) is 10.8. The van der Waals surface area contributed by atoms with Gasteiger partial charge in [0.1, 0.15) is 0 Å². The molecule has 0 unspecified atom stereocenters. The van der Waals surface area contributed by atoms with Crippen LogP contribution in [0.3, 0.4) is 0 Å². The lowest BCUT2D eigenvalue weighted by molar-refractivity contribution is -0.128. The van der Waals surface area contributed by atoms with Crippen LogP contribution in [0.4, 0.5) is 0 Å². The first-order valence-electron chi connectivity index (χ1n) is 8.58. The van der Waals surface area contributed by atoms with Crippen LogP contribution in [0.2, 0.25) is 0 Å². The van der Waals surface area contributed by atoms with Crippen molar-refractivity contribution in [3.63, 3.8) is 0 Å². The molecule has 0 aliphatic carbocycles. The lowest BCUT2D eigenvalue weighted by Crippen LogP contribution is -2.48. The maximum absolute atomic E-state index is 12.4. The number of nitrogens with one attached hydrogen (secondary N) is 1. The summed E-state index contributed by atoms with van der Waals surface area (Å²) in [4.78, 5) is 14.5. The molecule has 0 aromatic heterocycles. The van der Waals surface area contributed by atoms with Gasteiger partial charge < -0.3 is 10.2 Å². The number of nitrogens with zero attached hydrogens (tertiary/aromatic N) is 1. The minimum Gasteiger partial charge on any atom is -0.339 e. The summed E-state index contributed by atoms with van der Waals surface area (Å²) in [5.41, 5.74) is 1.08. The van der Waals surface area contributed by atoms with E-state index in [1.165, 1.54) is 25.7 Å². The molecule has 3 nitrogen and oxygen atoms in total. The minimum atomic E-state index is 0.157. The van der Waals surface area contributed by atoms with E-state index in [2.05, 4.69) is 5.32 Å². The van der Waals surface area contributed by atoms with Crippen molar-refractivity contribution in [3.05, 3.63) is 42.0 Å². The standard InChI is InChI=1S/C19H26N2O/c22-19(12-11-16-7-2-1-3-8-16)21-14-6-9-17(15-21)18-10-4-5-13-20-18/h1-3,7-8,11-12,17-18,20H,4-6,9-10,13-15H2/t17-,18-/m1/s1. The van der Waals surface area contributed by atoms with Gasteiger partial charge in [-0.1, -0.05) is 36.8 Å². The minimum absolute atomic E-state index is 0.157. The van der Waals surface area contributed by atoms with E-state index < -0.39 is 0 Å². The van der Waals surface area contributed by atoms with Gasteiger partial charge in [0.05, 0.1) is 0 Å². The molecule has 0 spiro atoms. The van der Waals surface area contributed by atoms with E-state index in [9.17, 15) is 4.79 Å². The van der Waals surface area contributed by atoms with Gasteiger partial charge in [-0.05, 0) is 49.8 Å². The van der Waals surface area contributed by atoms with Crippen molar-refractivity contribution in [1.29, 1.82) is 0 Å². The number of carbonyl (C=O) groups is 1. The van der Waals surface area contributed by atoms with Crippen LogP contribution in [0.15, 0.2) is 36.4 Å². The van der Waals surface area contributed by atoms with E-state index >= 15 is 0 Å². The average Bonchev–Trinajstić information content (AvgIpc) is 2.61. The largest absolute Gasteiger partial charge is 0.339 e. The second-order valence-corrected chi connectivity index (χ2v) is 6.49. The molecule has 2 fully saturated rings. The Labute approximate surface area is 133 Å². The first kappa shape index (κ1) is 15.3. The maximum atomic E-state index is 12.4. The molecular weight excluding hydrogens is 272 g/mol. The molecule has 0 saturated carbocycles. The summed E-state index contributed by atoms with van der Waals surface area (Å²) in [6.45, 7) is 2.96. The van der Waals surface area contributed by atoms with Gasteiger partial charge in [0, 0.05) is 25.2 Å². The summed E-state index contributed by atoms with van der Waals surface area (Å²) in [5.74, 6) is 0.785. The van der Waals surface area contributed by atoms with Gasteiger partial charge in [0.2, 0.25) is 5.91 Å². The van der Waals surface area contributed by atoms with Crippen molar-refractivity contribution in [2.45, 2.75) is 38.1 Å². The van der Waals surface area contributed by atoms with Crippen LogP contribution >= 0.6 is 0 Å². The van der Waals surface area contributed by atoms with E-state index in [1.807, 2.05) is 41.3 Å². The van der Waals surface area contributed by atoms with Crippen molar-refractivity contribution in [1.82, 2.24) is 10.2 Å². The van der Waals surface area contributed by atoms with Gasteiger partial charge in [-0.2, -0.15) is 0 Å². The average molecular weight is 298 g/mol. The van der Waals surface area contributed by atoms with Crippen LogP contribution in [0.1, 0.15) is 37.7 Å². The third-order valence-corrected chi connectivity index (χ3v) is 4.90. The predicted octanol–water partition coefficient (Wildman–Crippen LogP) is 3.08. The Balaban J connectivity index is 1.57. The third-order valence-electron chi connectivity index (χ3n) is 4.90. The summed E-state index contributed by atoms with van der Waals surface area (Å²) >= 11 is 0. The zero-order valence-electron chi connectivity index (χ0n) is 13.2. The number of carbonyl (C=O) groups excluding carboxylic acids is 1. The molecule has 2 aliphatic heterocycles. The van der Waals surface area contributed by atoms with E-state index in [-0.39, 0.29) is 5.91 Å². The van der Waals surface area contributed by atoms with Crippen LogP contribution in [-0.2, 0) is 4.79 Å². The van der Waals surface area contributed by atoms with Crippen molar-refractivity contribution in [2.75, 3.05) is 19.6 Å². The zero-order chi connectivity index (χ0) is 15.2. The van der Waals surface area contributed by atoms with Gasteiger partial charge in [-0.25, -0.2) is 0 Å². The second kappa shape index (κ2) is 7.59. The topological polar surface area (TPSA) is 32.3 Å². The Bertz CT molecular complexity index is 505. The predicted molar refractivity (Wildman–Crippen MR) is 90.4 cm³/mol. The number of likely N-dealkylation sites (tertiary alicyclic amines) is 1. The molecule has 0 radical (unpaired) electrons. The lowest BCUT2D eigenvalue weighted by Gasteiger charge is -2.38. The normalized spacial score (nSPS) is 26.3. The van der Waals surface area contributed by atoms with Crippen molar-refractivity contribution < 1.29 is 4.79 Å². The van der Waals surface area contributed by atoms with Gasteiger partial charge >= 0.3 is 0 Å². The highest BCUT2D eigenvalue weighted by Crippen LogP contribution is 2.24. The van der Waals surface area contributed by atoms with E-state index in [0.717, 1.165) is 31.6 Å². The van der Waals surface area contributed by atoms with Gasteiger partial charge in [0.15, 0.2) is 0 Å². The number of benzene rings is 1. The summed E-state index contributed by atoms with van der Waals surface area (Å²) in [6.07, 6.45) is 9.93. The van der Waals surface area contributed by atoms with Crippen LogP contribution in [0, 0.1) is 5.92 Å². The molecule has 2 aliphatic rings. The highest BCUT2D eigenvalue weighted by atomic mass is 16.2. The summed E-state index contributed by atoms with van der Waals surface area (Å²) < 4.78 is 0. The summed E-state index contributed by atoms with van der Waals surface area (Å²) in [6, 6.07) is 10.6. The Morgan fingerprint density at radius 3 is 2.77 bits per heavy atom. The fourth-order valence-corrected chi connectivity index (χ4v) is 3.66. The summed E-state index contributed by atoms with van der Waals surface area (Å²) in [7, 11) is 0. The quantitative estimate of drug-likeness (QED) is 0.870. The van der Waals surface area contributed by atoms with Crippen molar-refractivity contribution in [2.24, 2.45) is 5.92 Å². The smallest absolute Gasteiger partial charge is 0.246 e. The molecule has 1 N–H and O–H groups in total. The second-order valence-electron chi connectivity index (χ2n) is 6.49. The number of hydrogen-bond donors (Lipinski definition) is 1. The Morgan fingerprint density at radius 1 is 1.14 bits per heavy atom. The number of rotatable bonds is 3. The molecule has 3 rings (SSSR count). The zero-order valence-corrected chi connectivity index (χ0v) is 13.2. The monoisotopic (exact) mass is 298 g/mol. The van der Waals surface area contributed by atoms with Gasteiger partial charge in [-0.3, -0.25) is 4.79 Å². The molecule has 1 amide bonds. The fourth-order valence-electron chi connectivity index (χ4n) is 3.66. The molecule has 1 aromatic rings. The molecule has 118 valence electrons. The number of hydrogen-bond acceptors (Lipinski definition) is 2. The maximum Gasteiger partial charge on any atom is 0.246 e. The highest BCUT2D eigenvalue weighted by molar-refractivity contribution is 5.91. The number of piperidine rings is 2. The molecule has 2 atom stereocenters. The van der Waals surface area contributed by atoms with Crippen LogP contribution in [0.25, 0.3) is 6.08 Å².